The van der Waals surface area contributed by atoms with E-state index in [1.807, 2.05) is 0 Å². The SMILES string of the molecule is CCCC(C)(N)Cc1sccc1Br. The monoisotopic (exact) mass is 261 g/mol. The van der Waals surface area contributed by atoms with Gasteiger partial charge in [0.2, 0.25) is 0 Å². The van der Waals surface area contributed by atoms with Crippen LogP contribution in [-0.2, 0) is 6.42 Å². The van der Waals surface area contributed by atoms with E-state index in [1.54, 1.807) is 11.3 Å². The van der Waals surface area contributed by atoms with Gasteiger partial charge in [0.15, 0.2) is 0 Å². The Morgan fingerprint density at radius 2 is 2.31 bits per heavy atom. The van der Waals surface area contributed by atoms with E-state index in [0.717, 1.165) is 19.3 Å². The molecule has 0 saturated heterocycles. The minimum absolute atomic E-state index is 0.0534. The zero-order chi connectivity index (χ0) is 9.90. The third kappa shape index (κ3) is 3.41. The van der Waals surface area contributed by atoms with E-state index in [4.69, 9.17) is 5.73 Å². The van der Waals surface area contributed by atoms with Gasteiger partial charge in [-0.15, -0.1) is 11.3 Å². The Balaban J connectivity index is 2.63. The van der Waals surface area contributed by atoms with Crippen LogP contribution in [0.5, 0.6) is 0 Å². The van der Waals surface area contributed by atoms with E-state index >= 15 is 0 Å². The summed E-state index contributed by atoms with van der Waals surface area (Å²) in [4.78, 5) is 1.36. The molecule has 0 bridgehead atoms. The molecule has 0 aliphatic rings. The van der Waals surface area contributed by atoms with Crippen LogP contribution in [0.25, 0.3) is 0 Å². The molecule has 2 N–H and O–H groups in total. The molecule has 1 unspecified atom stereocenters. The molecule has 1 rings (SSSR count). The van der Waals surface area contributed by atoms with Gasteiger partial charge >= 0.3 is 0 Å². The van der Waals surface area contributed by atoms with Gasteiger partial charge in [-0.2, -0.15) is 0 Å². The fourth-order valence-electron chi connectivity index (χ4n) is 1.48. The third-order valence-electron chi connectivity index (χ3n) is 2.08. The molecule has 0 fully saturated rings. The number of hydrogen-bond donors (Lipinski definition) is 1. The lowest BCUT2D eigenvalue weighted by molar-refractivity contribution is 0.427. The van der Waals surface area contributed by atoms with E-state index in [1.165, 1.54) is 9.35 Å². The number of thiophene rings is 1. The molecule has 0 amide bonds. The van der Waals surface area contributed by atoms with Gasteiger partial charge < -0.3 is 5.73 Å². The summed E-state index contributed by atoms with van der Waals surface area (Å²) in [6.07, 6.45) is 3.20. The van der Waals surface area contributed by atoms with Crippen LogP contribution in [0.1, 0.15) is 31.6 Å². The summed E-state index contributed by atoms with van der Waals surface area (Å²) < 4.78 is 1.20. The normalized spacial score (nSPS) is 15.7. The molecule has 13 heavy (non-hydrogen) atoms. The zero-order valence-electron chi connectivity index (χ0n) is 8.14. The fraction of sp³-hybridized carbons (Fsp3) is 0.600. The number of hydrogen-bond acceptors (Lipinski definition) is 2. The number of halogens is 1. The fourth-order valence-corrected chi connectivity index (χ4v) is 3.17. The maximum atomic E-state index is 6.17. The second-order valence-corrected chi connectivity index (χ2v) is 5.63. The molecule has 0 aliphatic heterocycles. The van der Waals surface area contributed by atoms with Gasteiger partial charge in [0.1, 0.15) is 0 Å². The average molecular weight is 262 g/mol. The summed E-state index contributed by atoms with van der Waals surface area (Å²) in [5.41, 5.74) is 6.12. The van der Waals surface area contributed by atoms with Crippen LogP contribution < -0.4 is 5.73 Å². The number of rotatable bonds is 4. The van der Waals surface area contributed by atoms with E-state index in [0.29, 0.717) is 0 Å². The summed E-state index contributed by atoms with van der Waals surface area (Å²) in [6.45, 7) is 4.30. The van der Waals surface area contributed by atoms with Crippen molar-refractivity contribution >= 4 is 27.3 Å². The van der Waals surface area contributed by atoms with Crippen molar-refractivity contribution in [3.63, 3.8) is 0 Å². The molecule has 1 aromatic rings. The molecule has 1 atom stereocenters. The molecule has 3 heteroatoms. The predicted octanol–water partition coefficient (Wildman–Crippen LogP) is 3.57. The lowest BCUT2D eigenvalue weighted by atomic mass is 9.93. The van der Waals surface area contributed by atoms with Crippen molar-refractivity contribution in [3.8, 4) is 0 Å². The number of nitrogens with two attached hydrogens (primary N) is 1. The van der Waals surface area contributed by atoms with Crippen LogP contribution >= 0.6 is 27.3 Å². The van der Waals surface area contributed by atoms with Crippen molar-refractivity contribution in [1.29, 1.82) is 0 Å². The van der Waals surface area contributed by atoms with Crippen molar-refractivity contribution < 1.29 is 0 Å². The second-order valence-electron chi connectivity index (χ2n) is 3.77. The van der Waals surface area contributed by atoms with Crippen LogP contribution in [0.15, 0.2) is 15.9 Å². The predicted molar refractivity (Wildman–Crippen MR) is 63.2 cm³/mol. The van der Waals surface area contributed by atoms with Crippen LogP contribution in [0, 0.1) is 0 Å². The molecule has 74 valence electrons. The molecular formula is C10H16BrNS. The highest BCUT2D eigenvalue weighted by atomic mass is 79.9. The van der Waals surface area contributed by atoms with E-state index in [9.17, 15) is 0 Å². The van der Waals surface area contributed by atoms with Crippen molar-refractivity contribution in [3.05, 3.63) is 20.8 Å². The summed E-state index contributed by atoms with van der Waals surface area (Å²) in [6, 6.07) is 2.09. The van der Waals surface area contributed by atoms with Gasteiger partial charge in [0.25, 0.3) is 0 Å². The van der Waals surface area contributed by atoms with Crippen LogP contribution in [0.4, 0.5) is 0 Å². The maximum Gasteiger partial charge on any atom is 0.0315 e. The van der Waals surface area contributed by atoms with Gasteiger partial charge in [-0.1, -0.05) is 13.3 Å². The first kappa shape index (κ1) is 11.2. The van der Waals surface area contributed by atoms with E-state index < -0.39 is 0 Å². The Bertz CT molecular complexity index is 268. The van der Waals surface area contributed by atoms with Gasteiger partial charge in [-0.25, -0.2) is 0 Å². The Hall–Kier alpha value is 0.140. The van der Waals surface area contributed by atoms with Crippen molar-refractivity contribution in [2.45, 2.75) is 38.6 Å². The van der Waals surface area contributed by atoms with Crippen LogP contribution in [0.2, 0.25) is 0 Å². The summed E-state index contributed by atoms with van der Waals surface area (Å²) in [5, 5.41) is 2.10. The molecule has 0 spiro atoms. The zero-order valence-corrected chi connectivity index (χ0v) is 10.5. The minimum Gasteiger partial charge on any atom is -0.325 e. The quantitative estimate of drug-likeness (QED) is 0.882. The minimum atomic E-state index is -0.0534. The highest BCUT2D eigenvalue weighted by molar-refractivity contribution is 9.10. The molecule has 0 aromatic carbocycles. The Morgan fingerprint density at radius 1 is 1.62 bits per heavy atom. The van der Waals surface area contributed by atoms with Gasteiger partial charge in [0.05, 0.1) is 0 Å². The Kier molecular flexibility index (Phi) is 3.95. The first-order valence-corrected chi connectivity index (χ1v) is 6.23. The molecule has 1 heterocycles. The van der Waals surface area contributed by atoms with Crippen LogP contribution in [0.3, 0.4) is 0 Å². The van der Waals surface area contributed by atoms with Crippen molar-refractivity contribution in [1.82, 2.24) is 0 Å². The van der Waals surface area contributed by atoms with Gasteiger partial charge in [-0.05, 0) is 40.7 Å². The Morgan fingerprint density at radius 3 is 2.77 bits per heavy atom. The summed E-state index contributed by atoms with van der Waals surface area (Å²) >= 11 is 5.30. The lowest BCUT2D eigenvalue weighted by Crippen LogP contribution is -2.38. The molecule has 0 radical (unpaired) electrons. The summed E-state index contributed by atoms with van der Waals surface area (Å²) in [5.74, 6) is 0. The maximum absolute atomic E-state index is 6.17. The smallest absolute Gasteiger partial charge is 0.0315 e. The lowest BCUT2D eigenvalue weighted by Gasteiger charge is -2.23. The van der Waals surface area contributed by atoms with Crippen molar-refractivity contribution in [2.75, 3.05) is 0 Å². The highest BCUT2D eigenvalue weighted by Crippen LogP contribution is 2.27. The van der Waals surface area contributed by atoms with E-state index in [-0.39, 0.29) is 5.54 Å². The molecule has 1 nitrogen and oxygen atoms in total. The first-order valence-electron chi connectivity index (χ1n) is 4.56. The van der Waals surface area contributed by atoms with E-state index in [2.05, 4.69) is 41.2 Å². The third-order valence-corrected chi connectivity index (χ3v) is 4.00. The summed E-state index contributed by atoms with van der Waals surface area (Å²) in [7, 11) is 0. The van der Waals surface area contributed by atoms with Crippen LogP contribution in [-0.4, -0.2) is 5.54 Å². The van der Waals surface area contributed by atoms with Crippen molar-refractivity contribution in [2.24, 2.45) is 5.73 Å². The van der Waals surface area contributed by atoms with Gasteiger partial charge in [0, 0.05) is 21.3 Å². The highest BCUT2D eigenvalue weighted by Gasteiger charge is 2.19. The molecule has 0 aliphatic carbocycles. The largest absolute Gasteiger partial charge is 0.325 e. The Labute approximate surface area is 92.5 Å². The molecule has 1 aromatic heterocycles. The average Bonchev–Trinajstić information content (AvgIpc) is 2.35. The molecule has 0 saturated carbocycles. The second kappa shape index (κ2) is 4.58. The standard InChI is InChI=1S/C10H16BrNS/c1-3-5-10(2,12)7-9-8(11)4-6-13-9/h4,6H,3,5,7,12H2,1-2H3. The van der Waals surface area contributed by atoms with Gasteiger partial charge in [-0.3, -0.25) is 0 Å². The molecular weight excluding hydrogens is 246 g/mol. The first-order chi connectivity index (χ1) is 6.05. The topological polar surface area (TPSA) is 26.0 Å².